The third-order valence-electron chi connectivity index (χ3n) is 2.49. The van der Waals surface area contributed by atoms with Crippen molar-refractivity contribution in [2.75, 3.05) is 12.4 Å². The molecule has 0 bridgehead atoms. The minimum absolute atomic E-state index is 0.965. The molecular formula is C12H17N3S2. The molecule has 0 fully saturated rings. The van der Waals surface area contributed by atoms with Gasteiger partial charge in [-0.05, 0) is 19.3 Å². The van der Waals surface area contributed by atoms with Crippen LogP contribution in [0.15, 0.2) is 5.38 Å². The Morgan fingerprint density at radius 2 is 2.12 bits per heavy atom. The zero-order chi connectivity index (χ0) is 12.3. The second-order valence-corrected chi connectivity index (χ2v) is 5.72. The zero-order valence-corrected chi connectivity index (χ0v) is 12.0. The van der Waals surface area contributed by atoms with Gasteiger partial charge in [0.1, 0.15) is 0 Å². The van der Waals surface area contributed by atoms with Crippen molar-refractivity contribution in [2.45, 2.75) is 33.1 Å². The fourth-order valence-electron chi connectivity index (χ4n) is 1.65. The van der Waals surface area contributed by atoms with Crippen LogP contribution in [0, 0.1) is 0 Å². The maximum Gasteiger partial charge on any atom is 0.182 e. The fourth-order valence-corrected chi connectivity index (χ4v) is 3.61. The van der Waals surface area contributed by atoms with Crippen molar-refractivity contribution in [2.24, 2.45) is 0 Å². The third-order valence-corrected chi connectivity index (χ3v) is 4.53. The molecule has 0 radical (unpaired) electrons. The maximum atomic E-state index is 4.69. The van der Waals surface area contributed by atoms with Crippen LogP contribution in [0.25, 0.3) is 10.6 Å². The van der Waals surface area contributed by atoms with Crippen molar-refractivity contribution in [3.05, 3.63) is 16.1 Å². The predicted molar refractivity (Wildman–Crippen MR) is 76.1 cm³/mol. The lowest BCUT2D eigenvalue weighted by molar-refractivity contribution is 0.894. The molecule has 0 aliphatic rings. The molecule has 0 amide bonds. The summed E-state index contributed by atoms with van der Waals surface area (Å²) >= 11 is 3.43. The van der Waals surface area contributed by atoms with Crippen molar-refractivity contribution >= 4 is 27.8 Å². The molecule has 1 N–H and O–H groups in total. The molecule has 0 aromatic carbocycles. The second kappa shape index (κ2) is 5.60. The summed E-state index contributed by atoms with van der Waals surface area (Å²) in [4.78, 5) is 10.5. The van der Waals surface area contributed by atoms with Crippen LogP contribution in [-0.4, -0.2) is 17.0 Å². The molecule has 17 heavy (non-hydrogen) atoms. The van der Waals surface area contributed by atoms with E-state index in [9.17, 15) is 0 Å². The van der Waals surface area contributed by atoms with E-state index in [1.165, 1.54) is 15.6 Å². The van der Waals surface area contributed by atoms with Gasteiger partial charge in [-0.1, -0.05) is 13.8 Å². The Hall–Kier alpha value is -0.940. The number of nitrogens with one attached hydrogen (secondary N) is 1. The van der Waals surface area contributed by atoms with Crippen LogP contribution in [-0.2, 0) is 12.8 Å². The lowest BCUT2D eigenvalue weighted by Gasteiger charge is -1.94. The average molecular weight is 267 g/mol. The number of anilines is 1. The third kappa shape index (κ3) is 2.66. The highest BCUT2D eigenvalue weighted by molar-refractivity contribution is 7.16. The van der Waals surface area contributed by atoms with Crippen molar-refractivity contribution in [3.8, 4) is 10.6 Å². The number of nitrogens with zero attached hydrogens (tertiary/aromatic N) is 2. The van der Waals surface area contributed by atoms with Gasteiger partial charge in [-0.25, -0.2) is 9.97 Å². The molecule has 0 saturated carbocycles. The zero-order valence-electron chi connectivity index (χ0n) is 10.4. The molecule has 0 aliphatic heterocycles. The van der Waals surface area contributed by atoms with Gasteiger partial charge in [-0.15, -0.1) is 22.7 Å². The summed E-state index contributed by atoms with van der Waals surface area (Å²) in [7, 11) is 1.90. The van der Waals surface area contributed by atoms with E-state index >= 15 is 0 Å². The predicted octanol–water partition coefficient (Wildman–Crippen LogP) is 3.82. The number of thiazole rings is 2. The highest BCUT2D eigenvalue weighted by Gasteiger charge is 2.13. The lowest BCUT2D eigenvalue weighted by Crippen LogP contribution is -1.88. The summed E-state index contributed by atoms with van der Waals surface area (Å²) < 4.78 is 0. The summed E-state index contributed by atoms with van der Waals surface area (Å²) in [6, 6.07) is 0. The highest BCUT2D eigenvalue weighted by Crippen LogP contribution is 2.33. The van der Waals surface area contributed by atoms with E-state index in [0.717, 1.165) is 30.1 Å². The molecule has 2 aromatic heterocycles. The first-order chi connectivity index (χ1) is 8.28. The Labute approximate surface area is 110 Å². The first kappa shape index (κ1) is 12.5. The quantitative estimate of drug-likeness (QED) is 0.895. The van der Waals surface area contributed by atoms with Gasteiger partial charge in [-0.2, -0.15) is 0 Å². The van der Waals surface area contributed by atoms with Crippen LogP contribution in [0.4, 0.5) is 5.13 Å². The Bertz CT molecular complexity index is 488. The molecule has 5 heteroatoms. The van der Waals surface area contributed by atoms with E-state index in [0.29, 0.717) is 0 Å². The molecule has 0 aliphatic carbocycles. The van der Waals surface area contributed by atoms with Gasteiger partial charge in [-0.3, -0.25) is 0 Å². The van der Waals surface area contributed by atoms with Crippen LogP contribution in [0.3, 0.4) is 0 Å². The summed E-state index contributed by atoms with van der Waals surface area (Å²) in [5, 5.41) is 7.38. The van der Waals surface area contributed by atoms with E-state index in [2.05, 4.69) is 29.5 Å². The van der Waals surface area contributed by atoms with Gasteiger partial charge in [0.05, 0.1) is 21.3 Å². The van der Waals surface area contributed by atoms with Gasteiger partial charge in [0.15, 0.2) is 5.13 Å². The van der Waals surface area contributed by atoms with Crippen molar-refractivity contribution < 1.29 is 0 Å². The summed E-state index contributed by atoms with van der Waals surface area (Å²) in [6.45, 7) is 4.34. The van der Waals surface area contributed by atoms with Crippen LogP contribution in [0.2, 0.25) is 0 Å². The molecule has 2 rings (SSSR count). The molecule has 92 valence electrons. The van der Waals surface area contributed by atoms with Gasteiger partial charge in [0.25, 0.3) is 0 Å². The Morgan fingerprint density at radius 3 is 2.71 bits per heavy atom. The Balaban J connectivity index is 2.35. The molecule has 0 unspecified atom stereocenters. The average Bonchev–Trinajstić information content (AvgIpc) is 2.94. The number of aromatic nitrogens is 2. The smallest absolute Gasteiger partial charge is 0.182 e. The molecule has 0 atom stereocenters. The molecule has 2 aromatic rings. The first-order valence-electron chi connectivity index (χ1n) is 5.90. The first-order valence-corrected chi connectivity index (χ1v) is 7.60. The highest BCUT2D eigenvalue weighted by atomic mass is 32.1. The van der Waals surface area contributed by atoms with Crippen molar-refractivity contribution in [1.29, 1.82) is 0 Å². The molecule has 2 heterocycles. The largest absolute Gasteiger partial charge is 0.365 e. The van der Waals surface area contributed by atoms with Crippen molar-refractivity contribution in [1.82, 2.24) is 9.97 Å². The number of rotatable bonds is 5. The van der Waals surface area contributed by atoms with Crippen LogP contribution >= 0.6 is 22.7 Å². The molecule has 0 saturated heterocycles. The van der Waals surface area contributed by atoms with E-state index in [-0.39, 0.29) is 0 Å². The normalized spacial score (nSPS) is 10.8. The van der Waals surface area contributed by atoms with Crippen LogP contribution < -0.4 is 5.32 Å². The number of hydrogen-bond donors (Lipinski definition) is 1. The molecular weight excluding hydrogens is 250 g/mol. The van der Waals surface area contributed by atoms with Crippen LogP contribution in [0.5, 0.6) is 0 Å². The van der Waals surface area contributed by atoms with Crippen LogP contribution in [0.1, 0.15) is 31.0 Å². The Kier molecular flexibility index (Phi) is 4.12. The Morgan fingerprint density at radius 1 is 1.29 bits per heavy atom. The standard InChI is InChI=1S/C12H17N3S2/c1-4-6-10-14-8(5-2)11(17-10)9-7-16-12(13-3)15-9/h7H,4-6H2,1-3H3,(H,13,15). The van der Waals surface area contributed by atoms with E-state index < -0.39 is 0 Å². The van der Waals surface area contributed by atoms with E-state index in [4.69, 9.17) is 4.98 Å². The second-order valence-electron chi connectivity index (χ2n) is 3.77. The van der Waals surface area contributed by atoms with Gasteiger partial charge in [0, 0.05) is 12.4 Å². The SMILES string of the molecule is CCCc1nc(CC)c(-c2csc(NC)n2)s1. The van der Waals surface area contributed by atoms with Crippen molar-refractivity contribution in [3.63, 3.8) is 0 Å². The fraction of sp³-hybridized carbons (Fsp3) is 0.500. The topological polar surface area (TPSA) is 37.8 Å². The summed E-state index contributed by atoms with van der Waals surface area (Å²) in [6.07, 6.45) is 3.19. The number of hydrogen-bond acceptors (Lipinski definition) is 5. The van der Waals surface area contributed by atoms with Gasteiger partial charge >= 0.3 is 0 Å². The molecule has 0 spiro atoms. The van der Waals surface area contributed by atoms with Gasteiger partial charge < -0.3 is 5.32 Å². The van der Waals surface area contributed by atoms with E-state index in [1.54, 1.807) is 22.7 Å². The molecule has 3 nitrogen and oxygen atoms in total. The lowest BCUT2D eigenvalue weighted by atomic mass is 10.2. The summed E-state index contributed by atoms with van der Waals surface area (Å²) in [5.41, 5.74) is 2.25. The summed E-state index contributed by atoms with van der Waals surface area (Å²) in [5.74, 6) is 0. The van der Waals surface area contributed by atoms with E-state index in [1.807, 2.05) is 7.05 Å². The minimum atomic E-state index is 0.965. The maximum absolute atomic E-state index is 4.69. The van der Waals surface area contributed by atoms with Gasteiger partial charge in [0.2, 0.25) is 0 Å². The minimum Gasteiger partial charge on any atom is -0.365 e. The monoisotopic (exact) mass is 267 g/mol. The number of aryl methyl sites for hydroxylation is 2.